The molecule has 2 aliphatic heterocycles. The molecule has 2 atom stereocenters. The topological polar surface area (TPSA) is 94.5 Å². The summed E-state index contributed by atoms with van der Waals surface area (Å²) in [5.41, 5.74) is 0.267. The van der Waals surface area contributed by atoms with E-state index in [4.69, 9.17) is 14.2 Å². The number of hydrogen-bond donors (Lipinski definition) is 1. The molecule has 12 heteroatoms. The van der Waals surface area contributed by atoms with Gasteiger partial charge in [-0.3, -0.25) is 0 Å². The lowest BCUT2D eigenvalue weighted by Crippen LogP contribution is -2.58. The van der Waals surface area contributed by atoms with Crippen LogP contribution >= 0.6 is 11.8 Å². The Balaban J connectivity index is 1.36. The predicted molar refractivity (Wildman–Crippen MR) is 126 cm³/mol. The summed E-state index contributed by atoms with van der Waals surface area (Å²) in [6, 6.07) is 4.93. The van der Waals surface area contributed by atoms with Crippen molar-refractivity contribution >= 4 is 29.2 Å². The van der Waals surface area contributed by atoms with Crippen molar-refractivity contribution in [3.05, 3.63) is 48.6 Å². The van der Waals surface area contributed by atoms with Gasteiger partial charge in [0, 0.05) is 29.8 Å². The second kappa shape index (κ2) is 10.2. The van der Waals surface area contributed by atoms with Crippen molar-refractivity contribution in [2.45, 2.75) is 11.0 Å². The number of fused-ring (bicyclic) bond motifs is 2. The van der Waals surface area contributed by atoms with Crippen LogP contribution in [-0.2, 0) is 4.74 Å². The van der Waals surface area contributed by atoms with E-state index in [-0.39, 0.29) is 35.3 Å². The van der Waals surface area contributed by atoms with E-state index in [0.717, 1.165) is 17.3 Å². The molecule has 1 N–H and O–H groups in total. The SMILES string of the molecule is COc1c(Nc2ccc(SC)cc2F)ncnc1OC1C2COCC1CN(c1ncc(F)cn1)C2. The van der Waals surface area contributed by atoms with Gasteiger partial charge in [-0.15, -0.1) is 11.8 Å². The number of nitrogens with zero attached hydrogens (tertiary/aromatic N) is 5. The van der Waals surface area contributed by atoms with Crippen molar-refractivity contribution < 1.29 is 23.0 Å². The van der Waals surface area contributed by atoms with E-state index in [0.29, 0.717) is 38.1 Å². The van der Waals surface area contributed by atoms with Crippen LogP contribution in [0.25, 0.3) is 0 Å². The van der Waals surface area contributed by atoms with Crippen LogP contribution in [-0.4, -0.2) is 65.7 Å². The van der Waals surface area contributed by atoms with E-state index in [1.165, 1.54) is 31.3 Å². The number of rotatable bonds is 7. The van der Waals surface area contributed by atoms with Crippen LogP contribution in [0.4, 0.5) is 26.2 Å². The molecule has 4 heterocycles. The molecule has 2 bridgehead atoms. The fourth-order valence-electron chi connectivity index (χ4n) is 4.42. The molecule has 2 aliphatic rings. The minimum Gasteiger partial charge on any atom is -0.489 e. The Bertz CT molecular complexity index is 1170. The first-order valence-corrected chi connectivity index (χ1v) is 12.2. The summed E-state index contributed by atoms with van der Waals surface area (Å²) in [6.07, 6.45) is 5.36. The maximum atomic E-state index is 14.5. The van der Waals surface area contributed by atoms with Crippen LogP contribution in [0.1, 0.15) is 0 Å². The number of methoxy groups -OCH3 is 1. The molecule has 0 saturated carbocycles. The summed E-state index contributed by atoms with van der Waals surface area (Å²) < 4.78 is 45.5. The molecule has 0 spiro atoms. The van der Waals surface area contributed by atoms with Gasteiger partial charge in [0.15, 0.2) is 11.6 Å². The molecule has 2 saturated heterocycles. The molecule has 5 rings (SSSR count). The van der Waals surface area contributed by atoms with Gasteiger partial charge in [0.1, 0.15) is 18.2 Å². The van der Waals surface area contributed by atoms with E-state index in [1.807, 2.05) is 17.2 Å². The molecule has 3 aromatic rings. The highest BCUT2D eigenvalue weighted by atomic mass is 32.2. The maximum absolute atomic E-state index is 14.5. The summed E-state index contributed by atoms with van der Waals surface area (Å²) >= 11 is 1.46. The van der Waals surface area contributed by atoms with E-state index < -0.39 is 11.6 Å². The Morgan fingerprint density at radius 2 is 1.83 bits per heavy atom. The first-order chi connectivity index (χ1) is 17.1. The quantitative estimate of drug-likeness (QED) is 0.484. The third kappa shape index (κ3) is 4.94. The van der Waals surface area contributed by atoms with Crippen molar-refractivity contribution in [2.24, 2.45) is 11.8 Å². The highest BCUT2D eigenvalue weighted by Gasteiger charge is 2.43. The largest absolute Gasteiger partial charge is 0.489 e. The average Bonchev–Trinajstić information content (AvgIpc) is 2.86. The number of piperidine rings is 1. The molecular weight excluding hydrogens is 478 g/mol. The molecular formula is C23H24F2N6O3S. The summed E-state index contributed by atoms with van der Waals surface area (Å²) in [5, 5.41) is 2.98. The van der Waals surface area contributed by atoms with E-state index in [9.17, 15) is 8.78 Å². The standard InChI is InChI=1S/C23H24F2N6O3S/c1-32-20-21(30-18-4-3-16(35-2)5-17(18)25)28-12-29-22(20)34-19-13-8-31(9-14(19)11-33-10-13)23-26-6-15(24)7-27-23/h3-7,12-14,19H,8-11H2,1-2H3,(H,28,29,30). The molecule has 0 radical (unpaired) electrons. The van der Waals surface area contributed by atoms with Gasteiger partial charge in [-0.25, -0.2) is 23.7 Å². The van der Waals surface area contributed by atoms with Crippen LogP contribution in [0, 0.1) is 23.5 Å². The Morgan fingerprint density at radius 1 is 1.09 bits per heavy atom. The van der Waals surface area contributed by atoms with E-state index >= 15 is 0 Å². The van der Waals surface area contributed by atoms with Gasteiger partial charge in [-0.1, -0.05) is 0 Å². The lowest BCUT2D eigenvalue weighted by atomic mass is 9.84. The van der Waals surface area contributed by atoms with Gasteiger partial charge in [0.05, 0.1) is 38.4 Å². The molecule has 35 heavy (non-hydrogen) atoms. The van der Waals surface area contributed by atoms with Gasteiger partial charge < -0.3 is 24.4 Å². The van der Waals surface area contributed by atoms with Crippen molar-refractivity contribution in [1.82, 2.24) is 19.9 Å². The molecule has 0 amide bonds. The van der Waals surface area contributed by atoms with Crippen LogP contribution in [0.5, 0.6) is 11.6 Å². The number of anilines is 3. The second-order valence-corrected chi connectivity index (χ2v) is 9.16. The van der Waals surface area contributed by atoms with E-state index in [1.54, 1.807) is 6.07 Å². The van der Waals surface area contributed by atoms with Gasteiger partial charge in [0.2, 0.25) is 11.7 Å². The second-order valence-electron chi connectivity index (χ2n) is 8.28. The number of nitrogens with one attached hydrogen (secondary N) is 1. The number of hydrogen-bond acceptors (Lipinski definition) is 10. The van der Waals surface area contributed by atoms with Crippen molar-refractivity contribution in [1.29, 1.82) is 0 Å². The number of thioether (sulfide) groups is 1. The van der Waals surface area contributed by atoms with Crippen molar-refractivity contribution in [3.63, 3.8) is 0 Å². The molecule has 2 aromatic heterocycles. The number of halogens is 2. The number of aromatic nitrogens is 4. The minimum absolute atomic E-state index is 0.00349. The Kier molecular flexibility index (Phi) is 6.82. The minimum atomic E-state index is -0.476. The zero-order valence-electron chi connectivity index (χ0n) is 19.1. The molecule has 1 aromatic carbocycles. The van der Waals surface area contributed by atoms with Crippen LogP contribution in [0.15, 0.2) is 41.8 Å². The van der Waals surface area contributed by atoms with Gasteiger partial charge in [0.25, 0.3) is 5.88 Å². The third-order valence-electron chi connectivity index (χ3n) is 6.04. The Hall–Kier alpha value is -3.25. The van der Waals surface area contributed by atoms with Crippen LogP contribution in [0.2, 0.25) is 0 Å². The van der Waals surface area contributed by atoms with Gasteiger partial charge in [-0.2, -0.15) is 4.98 Å². The highest BCUT2D eigenvalue weighted by Crippen LogP contribution is 2.38. The van der Waals surface area contributed by atoms with Crippen molar-refractivity contribution in [2.75, 3.05) is 49.9 Å². The first kappa shape index (κ1) is 23.5. The smallest absolute Gasteiger partial charge is 0.262 e. The average molecular weight is 503 g/mol. The number of benzene rings is 1. The zero-order chi connectivity index (χ0) is 24.4. The Labute approximate surface area is 205 Å². The van der Waals surface area contributed by atoms with Crippen LogP contribution in [0.3, 0.4) is 0 Å². The fourth-order valence-corrected chi connectivity index (χ4v) is 4.84. The third-order valence-corrected chi connectivity index (χ3v) is 6.77. The molecule has 2 fully saturated rings. The lowest BCUT2D eigenvalue weighted by molar-refractivity contribution is -0.0776. The summed E-state index contributed by atoms with van der Waals surface area (Å²) in [7, 11) is 1.49. The predicted octanol–water partition coefficient (Wildman–Crippen LogP) is 3.55. The monoisotopic (exact) mass is 502 g/mol. The summed E-state index contributed by atoms with van der Waals surface area (Å²) in [6.45, 7) is 2.14. The van der Waals surface area contributed by atoms with Gasteiger partial charge in [-0.05, 0) is 24.5 Å². The highest BCUT2D eigenvalue weighted by molar-refractivity contribution is 7.98. The van der Waals surface area contributed by atoms with Crippen LogP contribution < -0.4 is 19.7 Å². The first-order valence-electron chi connectivity index (χ1n) is 11.0. The molecule has 9 nitrogen and oxygen atoms in total. The van der Waals surface area contributed by atoms with Gasteiger partial charge >= 0.3 is 0 Å². The molecule has 184 valence electrons. The summed E-state index contributed by atoms with van der Waals surface area (Å²) in [5.74, 6) is 0.448. The molecule has 2 unspecified atom stereocenters. The fraction of sp³-hybridized carbons (Fsp3) is 0.391. The van der Waals surface area contributed by atoms with E-state index in [2.05, 4.69) is 25.3 Å². The maximum Gasteiger partial charge on any atom is 0.262 e. The zero-order valence-corrected chi connectivity index (χ0v) is 20.0. The normalized spacial score (nSPS) is 21.5. The lowest BCUT2D eigenvalue weighted by Gasteiger charge is -2.46. The number of ether oxygens (including phenoxy) is 3. The summed E-state index contributed by atoms with van der Waals surface area (Å²) in [4.78, 5) is 19.6. The molecule has 0 aliphatic carbocycles. The van der Waals surface area contributed by atoms with Crippen molar-refractivity contribution in [3.8, 4) is 11.6 Å². The Morgan fingerprint density at radius 3 is 2.49 bits per heavy atom.